The van der Waals surface area contributed by atoms with Gasteiger partial charge in [0.05, 0.1) is 12.0 Å². The Hall–Kier alpha value is -2.38. The van der Waals surface area contributed by atoms with Gasteiger partial charge in [-0.3, -0.25) is 9.69 Å². The molecule has 1 amide bonds. The molecule has 1 aliphatic rings. The van der Waals surface area contributed by atoms with Crippen molar-refractivity contribution in [3.63, 3.8) is 0 Å². The highest BCUT2D eigenvalue weighted by molar-refractivity contribution is 5.88. The van der Waals surface area contributed by atoms with Crippen molar-refractivity contribution >= 4 is 16.9 Å². The molecular formula is C20H26N2O5. The van der Waals surface area contributed by atoms with Gasteiger partial charge in [-0.2, -0.15) is 0 Å². The van der Waals surface area contributed by atoms with Crippen LogP contribution in [0.5, 0.6) is 5.75 Å². The molecule has 1 saturated heterocycles. The molecule has 2 N–H and O–H groups in total. The van der Waals surface area contributed by atoms with E-state index in [-0.39, 0.29) is 36.8 Å². The number of carbonyl (C=O) groups is 1. The number of amides is 1. The zero-order valence-electron chi connectivity index (χ0n) is 16.2. The standard InChI is InChI=1S/C20H26N2O5/c1-11-5-16(19-12(2)13(3)20(25)27-17(19)6-11)26-10-18(24)21-14-7-15(9-23)22(4)8-14/h5-6,14-15,23H,7-10H2,1-4H3,(H,21,24)/t14-,15+/m1/s1. The summed E-state index contributed by atoms with van der Waals surface area (Å²) in [5.41, 5.74) is 2.30. The van der Waals surface area contributed by atoms with Crippen molar-refractivity contribution in [1.82, 2.24) is 10.2 Å². The number of aliphatic hydroxyl groups is 1. The number of likely N-dealkylation sites (tertiary alicyclic amines) is 1. The summed E-state index contributed by atoms with van der Waals surface area (Å²) in [5, 5.41) is 13.0. The van der Waals surface area contributed by atoms with Crippen molar-refractivity contribution < 1.29 is 19.1 Å². The Labute approximate surface area is 157 Å². The molecule has 0 spiro atoms. The largest absolute Gasteiger partial charge is 0.483 e. The number of ether oxygens (including phenoxy) is 1. The van der Waals surface area contributed by atoms with Gasteiger partial charge in [0, 0.05) is 24.2 Å². The average Bonchev–Trinajstić information content (AvgIpc) is 2.96. The van der Waals surface area contributed by atoms with Crippen molar-refractivity contribution in [2.75, 3.05) is 26.8 Å². The first-order valence-electron chi connectivity index (χ1n) is 9.08. The number of hydrogen-bond donors (Lipinski definition) is 2. The van der Waals surface area contributed by atoms with Crippen molar-refractivity contribution in [3.8, 4) is 5.75 Å². The predicted molar refractivity (Wildman–Crippen MR) is 102 cm³/mol. The molecule has 27 heavy (non-hydrogen) atoms. The Bertz CT molecular complexity index is 921. The number of fused-ring (bicyclic) bond motifs is 1. The minimum Gasteiger partial charge on any atom is -0.483 e. The fraction of sp³-hybridized carbons (Fsp3) is 0.500. The third-order valence-corrected chi connectivity index (χ3v) is 5.28. The average molecular weight is 374 g/mol. The fourth-order valence-electron chi connectivity index (χ4n) is 3.61. The molecule has 3 rings (SSSR count). The molecule has 1 aromatic carbocycles. The van der Waals surface area contributed by atoms with Crippen LogP contribution in [0.25, 0.3) is 11.0 Å². The van der Waals surface area contributed by atoms with Gasteiger partial charge in [0.2, 0.25) is 0 Å². The van der Waals surface area contributed by atoms with Gasteiger partial charge < -0.3 is 19.6 Å². The first kappa shape index (κ1) is 19.4. The summed E-state index contributed by atoms with van der Waals surface area (Å²) in [7, 11) is 1.93. The fourth-order valence-corrected chi connectivity index (χ4v) is 3.61. The Morgan fingerprint density at radius 2 is 2.07 bits per heavy atom. The molecule has 1 aliphatic heterocycles. The van der Waals surface area contributed by atoms with Crippen molar-refractivity contribution in [1.29, 1.82) is 0 Å². The molecule has 2 heterocycles. The van der Waals surface area contributed by atoms with Crippen LogP contribution in [0.15, 0.2) is 21.3 Å². The van der Waals surface area contributed by atoms with Crippen LogP contribution in [0.4, 0.5) is 0 Å². The lowest BCUT2D eigenvalue weighted by Gasteiger charge is -2.15. The molecule has 146 valence electrons. The van der Waals surface area contributed by atoms with Crippen LogP contribution in [0.3, 0.4) is 0 Å². The second-order valence-electron chi connectivity index (χ2n) is 7.34. The van der Waals surface area contributed by atoms with Crippen LogP contribution in [0, 0.1) is 20.8 Å². The number of hydrogen-bond acceptors (Lipinski definition) is 6. The molecule has 1 aromatic heterocycles. The normalized spacial score (nSPS) is 20.2. The van der Waals surface area contributed by atoms with Crippen molar-refractivity contribution in [2.24, 2.45) is 0 Å². The van der Waals surface area contributed by atoms with Crippen LogP contribution >= 0.6 is 0 Å². The first-order valence-corrected chi connectivity index (χ1v) is 9.08. The van der Waals surface area contributed by atoms with E-state index < -0.39 is 0 Å². The topological polar surface area (TPSA) is 92.0 Å². The number of benzene rings is 1. The predicted octanol–water partition coefficient (Wildman–Crippen LogP) is 1.28. The van der Waals surface area contributed by atoms with Gasteiger partial charge in [-0.05, 0) is 57.5 Å². The van der Waals surface area contributed by atoms with E-state index in [9.17, 15) is 14.7 Å². The summed E-state index contributed by atoms with van der Waals surface area (Å²) < 4.78 is 11.2. The second kappa shape index (κ2) is 7.70. The number of likely N-dealkylation sites (N-methyl/N-ethyl adjacent to an activating group) is 1. The highest BCUT2D eigenvalue weighted by atomic mass is 16.5. The van der Waals surface area contributed by atoms with Crippen LogP contribution in [-0.2, 0) is 4.79 Å². The van der Waals surface area contributed by atoms with Crippen LogP contribution in [0.2, 0.25) is 0 Å². The van der Waals surface area contributed by atoms with Crippen molar-refractivity contribution in [2.45, 2.75) is 39.3 Å². The van der Waals surface area contributed by atoms with E-state index >= 15 is 0 Å². The summed E-state index contributed by atoms with van der Waals surface area (Å²) in [6.45, 7) is 6.10. The Morgan fingerprint density at radius 1 is 1.33 bits per heavy atom. The van der Waals surface area contributed by atoms with Crippen LogP contribution in [0.1, 0.15) is 23.1 Å². The van der Waals surface area contributed by atoms with E-state index in [1.807, 2.05) is 31.9 Å². The lowest BCUT2D eigenvalue weighted by molar-refractivity contribution is -0.123. The molecule has 1 fully saturated rings. The van der Waals surface area contributed by atoms with E-state index in [2.05, 4.69) is 5.32 Å². The third-order valence-electron chi connectivity index (χ3n) is 5.28. The molecule has 2 atom stereocenters. The Morgan fingerprint density at radius 3 is 2.74 bits per heavy atom. The maximum absolute atomic E-state index is 12.3. The molecule has 7 heteroatoms. The number of nitrogens with one attached hydrogen (secondary N) is 1. The summed E-state index contributed by atoms with van der Waals surface area (Å²) in [5.74, 6) is 0.315. The molecule has 2 aromatic rings. The number of carbonyl (C=O) groups excluding carboxylic acids is 1. The monoisotopic (exact) mass is 374 g/mol. The number of aliphatic hydroxyl groups excluding tert-OH is 1. The van der Waals surface area contributed by atoms with Gasteiger partial charge in [-0.15, -0.1) is 0 Å². The number of rotatable bonds is 5. The summed E-state index contributed by atoms with van der Waals surface area (Å²) in [4.78, 5) is 26.3. The molecular weight excluding hydrogens is 348 g/mol. The van der Waals surface area contributed by atoms with Gasteiger partial charge in [-0.25, -0.2) is 4.79 Å². The molecule has 0 unspecified atom stereocenters. The maximum atomic E-state index is 12.3. The zero-order valence-corrected chi connectivity index (χ0v) is 16.2. The van der Waals surface area contributed by atoms with E-state index in [0.29, 0.717) is 28.8 Å². The van der Waals surface area contributed by atoms with E-state index in [1.54, 1.807) is 13.0 Å². The number of aryl methyl sites for hydroxylation is 2. The van der Waals surface area contributed by atoms with Gasteiger partial charge in [0.1, 0.15) is 11.3 Å². The van der Waals surface area contributed by atoms with Crippen LogP contribution < -0.4 is 15.7 Å². The zero-order chi connectivity index (χ0) is 19.7. The summed E-state index contributed by atoms with van der Waals surface area (Å²) in [6, 6.07) is 3.71. The highest BCUT2D eigenvalue weighted by Crippen LogP contribution is 2.30. The van der Waals surface area contributed by atoms with Crippen molar-refractivity contribution in [3.05, 3.63) is 39.2 Å². The molecule has 7 nitrogen and oxygen atoms in total. The van der Waals surface area contributed by atoms with Gasteiger partial charge >= 0.3 is 5.63 Å². The summed E-state index contributed by atoms with van der Waals surface area (Å²) in [6.07, 6.45) is 0.718. The van der Waals surface area contributed by atoms with Gasteiger partial charge in [0.25, 0.3) is 5.91 Å². The summed E-state index contributed by atoms with van der Waals surface area (Å²) >= 11 is 0. The highest BCUT2D eigenvalue weighted by Gasteiger charge is 2.29. The Balaban J connectivity index is 1.74. The Kier molecular flexibility index (Phi) is 5.53. The SMILES string of the molecule is Cc1cc(OCC(=O)N[C@@H]2C[C@@H](CO)N(C)C2)c2c(C)c(C)c(=O)oc2c1. The van der Waals surface area contributed by atoms with Gasteiger partial charge in [0.15, 0.2) is 6.61 Å². The van der Waals surface area contributed by atoms with Crippen LogP contribution in [-0.4, -0.2) is 54.8 Å². The van der Waals surface area contributed by atoms with Gasteiger partial charge in [-0.1, -0.05) is 0 Å². The lowest BCUT2D eigenvalue weighted by Crippen LogP contribution is -2.39. The van der Waals surface area contributed by atoms with E-state index in [0.717, 1.165) is 17.5 Å². The smallest absolute Gasteiger partial charge is 0.339 e. The molecule has 0 aliphatic carbocycles. The quantitative estimate of drug-likeness (QED) is 0.766. The van der Waals surface area contributed by atoms with E-state index in [4.69, 9.17) is 9.15 Å². The van der Waals surface area contributed by atoms with E-state index in [1.165, 1.54) is 0 Å². The molecule has 0 bridgehead atoms. The maximum Gasteiger partial charge on any atom is 0.339 e. The minimum absolute atomic E-state index is 0.000458. The first-order chi connectivity index (χ1) is 12.8. The second-order valence-corrected chi connectivity index (χ2v) is 7.34. The lowest BCUT2D eigenvalue weighted by atomic mass is 10.0. The minimum atomic E-state index is -0.363. The third kappa shape index (κ3) is 3.99. The molecule has 0 radical (unpaired) electrons. The molecule has 0 saturated carbocycles. The number of nitrogens with zero attached hydrogens (tertiary/aromatic N) is 1.